The van der Waals surface area contributed by atoms with Crippen LogP contribution in [-0.4, -0.2) is 35.0 Å². The van der Waals surface area contributed by atoms with E-state index in [4.69, 9.17) is 16.3 Å². The van der Waals surface area contributed by atoms with Crippen molar-refractivity contribution < 1.29 is 18.7 Å². The number of nitrogens with one attached hydrogen (secondary N) is 1. The molecule has 0 aliphatic carbocycles. The maximum Gasteiger partial charge on any atom is 0.230 e. The largest absolute Gasteiger partial charge is 0.360 e. The Labute approximate surface area is 178 Å². The van der Waals surface area contributed by atoms with Crippen molar-refractivity contribution in [1.29, 1.82) is 0 Å². The number of benzene rings is 2. The Balaban J connectivity index is 1.32. The lowest BCUT2D eigenvalue weighted by molar-refractivity contribution is -0.137. The van der Waals surface area contributed by atoms with Gasteiger partial charge in [-0.2, -0.15) is 0 Å². The molecule has 3 heterocycles. The van der Waals surface area contributed by atoms with Gasteiger partial charge in [0.2, 0.25) is 11.8 Å². The van der Waals surface area contributed by atoms with Crippen LogP contribution >= 0.6 is 11.6 Å². The fourth-order valence-electron chi connectivity index (χ4n) is 4.75. The number of amides is 2. The summed E-state index contributed by atoms with van der Waals surface area (Å²) in [6.07, 6.45) is 3.40. The minimum absolute atomic E-state index is 0.0938. The maximum absolute atomic E-state index is 13.3. The molecule has 2 aromatic rings. The van der Waals surface area contributed by atoms with E-state index in [1.807, 2.05) is 30.4 Å². The Morgan fingerprint density at radius 3 is 2.77 bits per heavy atom. The molecule has 2 aromatic carbocycles. The minimum atomic E-state index is -0.763. The van der Waals surface area contributed by atoms with Crippen molar-refractivity contribution in [3.8, 4) is 0 Å². The van der Waals surface area contributed by atoms with E-state index in [2.05, 4.69) is 5.32 Å². The highest BCUT2D eigenvalue weighted by atomic mass is 35.5. The summed E-state index contributed by atoms with van der Waals surface area (Å²) in [7, 11) is 0. The van der Waals surface area contributed by atoms with Gasteiger partial charge in [-0.3, -0.25) is 9.59 Å². The van der Waals surface area contributed by atoms with Crippen molar-refractivity contribution in [2.24, 2.45) is 11.8 Å². The fourth-order valence-corrected chi connectivity index (χ4v) is 4.95. The molecule has 4 atom stereocenters. The van der Waals surface area contributed by atoms with Crippen LogP contribution < -0.4 is 5.32 Å². The van der Waals surface area contributed by atoms with Gasteiger partial charge in [0.25, 0.3) is 0 Å². The number of rotatable bonds is 5. The SMILES string of the molecule is O=C(NCc1ccc(F)cc1)[C@@H]1[C@@H]2C=C[C@@]3(CN(Cc4ccccc4Cl)C(=O)[C@H]13)O2. The molecule has 0 aromatic heterocycles. The van der Waals surface area contributed by atoms with Crippen LogP contribution in [0, 0.1) is 17.7 Å². The average Bonchev–Trinajstić information content (AvgIpc) is 3.37. The minimum Gasteiger partial charge on any atom is -0.360 e. The first kappa shape index (κ1) is 19.3. The van der Waals surface area contributed by atoms with E-state index in [0.717, 1.165) is 11.1 Å². The van der Waals surface area contributed by atoms with Gasteiger partial charge in [0.1, 0.15) is 11.4 Å². The summed E-state index contributed by atoms with van der Waals surface area (Å²) < 4.78 is 19.2. The number of carbonyl (C=O) groups excluding carboxylic acids is 2. The standard InChI is InChI=1S/C23H20ClFN2O3/c24-17-4-2-1-3-15(17)12-27-13-23-10-9-18(30-23)19(20(23)22(27)29)21(28)26-11-14-5-7-16(25)8-6-14/h1-10,18-20H,11-13H2,(H,26,28)/t18-,19+,20-,23-/m0/s1. The van der Waals surface area contributed by atoms with Crippen LogP contribution in [0.2, 0.25) is 5.02 Å². The van der Waals surface area contributed by atoms with E-state index in [0.29, 0.717) is 18.1 Å². The maximum atomic E-state index is 13.3. The van der Waals surface area contributed by atoms with E-state index >= 15 is 0 Å². The Morgan fingerprint density at radius 2 is 2.00 bits per heavy atom. The van der Waals surface area contributed by atoms with E-state index in [9.17, 15) is 14.0 Å². The number of fused-ring (bicyclic) bond motifs is 1. The zero-order valence-electron chi connectivity index (χ0n) is 16.1. The molecule has 0 unspecified atom stereocenters. The summed E-state index contributed by atoms with van der Waals surface area (Å²) in [5.41, 5.74) is 0.887. The van der Waals surface area contributed by atoms with Crippen molar-refractivity contribution in [2.75, 3.05) is 6.54 Å². The third-order valence-electron chi connectivity index (χ3n) is 6.18. The van der Waals surface area contributed by atoms with Gasteiger partial charge < -0.3 is 15.0 Å². The van der Waals surface area contributed by atoms with Crippen LogP contribution in [0.25, 0.3) is 0 Å². The van der Waals surface area contributed by atoms with Gasteiger partial charge in [0, 0.05) is 18.1 Å². The van der Waals surface area contributed by atoms with Gasteiger partial charge in [-0.1, -0.05) is 54.1 Å². The van der Waals surface area contributed by atoms with Crippen molar-refractivity contribution in [3.63, 3.8) is 0 Å². The Morgan fingerprint density at radius 1 is 1.23 bits per heavy atom. The van der Waals surface area contributed by atoms with Gasteiger partial charge in [0.05, 0.1) is 24.5 Å². The molecular weight excluding hydrogens is 407 g/mol. The molecule has 0 radical (unpaired) electrons. The second kappa shape index (κ2) is 7.22. The predicted molar refractivity (Wildman–Crippen MR) is 109 cm³/mol. The van der Waals surface area contributed by atoms with E-state index in [-0.39, 0.29) is 24.2 Å². The molecule has 154 valence electrons. The van der Waals surface area contributed by atoms with Gasteiger partial charge in [-0.15, -0.1) is 0 Å². The molecule has 1 spiro atoms. The van der Waals surface area contributed by atoms with Crippen molar-refractivity contribution >= 4 is 23.4 Å². The number of halogens is 2. The first-order valence-corrected chi connectivity index (χ1v) is 10.3. The Bertz CT molecular complexity index is 1040. The molecule has 2 amide bonds. The first-order chi connectivity index (χ1) is 14.5. The third kappa shape index (κ3) is 3.11. The number of likely N-dealkylation sites (tertiary alicyclic amines) is 1. The van der Waals surface area contributed by atoms with E-state index in [1.54, 1.807) is 23.1 Å². The Kier molecular flexibility index (Phi) is 4.64. The second-order valence-corrected chi connectivity index (χ2v) is 8.44. The summed E-state index contributed by atoms with van der Waals surface area (Å²) in [4.78, 5) is 28.0. The normalized spacial score (nSPS) is 28.8. The molecule has 5 nitrogen and oxygen atoms in total. The summed E-state index contributed by atoms with van der Waals surface area (Å²) >= 11 is 6.27. The highest BCUT2D eigenvalue weighted by molar-refractivity contribution is 6.31. The van der Waals surface area contributed by atoms with Crippen LogP contribution in [0.15, 0.2) is 60.7 Å². The molecule has 2 bridgehead atoms. The molecule has 3 aliphatic rings. The second-order valence-electron chi connectivity index (χ2n) is 8.03. The molecule has 2 fully saturated rings. The molecular formula is C23H20ClFN2O3. The highest BCUT2D eigenvalue weighted by Gasteiger charge is 2.66. The summed E-state index contributed by atoms with van der Waals surface area (Å²) in [5.74, 6) is -1.78. The summed E-state index contributed by atoms with van der Waals surface area (Å²) in [6.45, 7) is 1.04. The zero-order chi connectivity index (χ0) is 20.9. The summed E-state index contributed by atoms with van der Waals surface area (Å²) in [5, 5.41) is 3.49. The Hall–Kier alpha value is -2.70. The van der Waals surface area contributed by atoms with Crippen molar-refractivity contribution in [3.05, 3.63) is 82.6 Å². The van der Waals surface area contributed by atoms with Crippen molar-refractivity contribution in [1.82, 2.24) is 10.2 Å². The van der Waals surface area contributed by atoms with Crippen LogP contribution in [0.1, 0.15) is 11.1 Å². The van der Waals surface area contributed by atoms with Crippen LogP contribution in [0.3, 0.4) is 0 Å². The topological polar surface area (TPSA) is 58.6 Å². The number of ether oxygens (including phenoxy) is 1. The van der Waals surface area contributed by atoms with Crippen LogP contribution in [0.4, 0.5) is 4.39 Å². The third-order valence-corrected chi connectivity index (χ3v) is 6.55. The predicted octanol–water partition coefficient (Wildman–Crippen LogP) is 3.08. The van der Waals surface area contributed by atoms with Crippen LogP contribution in [-0.2, 0) is 27.4 Å². The van der Waals surface area contributed by atoms with Gasteiger partial charge in [-0.25, -0.2) is 4.39 Å². The zero-order valence-corrected chi connectivity index (χ0v) is 16.8. The van der Waals surface area contributed by atoms with Crippen LogP contribution in [0.5, 0.6) is 0 Å². The highest BCUT2D eigenvalue weighted by Crippen LogP contribution is 2.52. The number of hydrogen-bond acceptors (Lipinski definition) is 3. The molecule has 7 heteroatoms. The first-order valence-electron chi connectivity index (χ1n) is 9.88. The van der Waals surface area contributed by atoms with E-state index < -0.39 is 23.5 Å². The molecule has 3 aliphatic heterocycles. The lowest BCUT2D eigenvalue weighted by Gasteiger charge is -2.23. The van der Waals surface area contributed by atoms with E-state index in [1.165, 1.54) is 12.1 Å². The molecule has 30 heavy (non-hydrogen) atoms. The van der Waals surface area contributed by atoms with Crippen molar-refractivity contribution in [2.45, 2.75) is 24.8 Å². The molecule has 1 N–H and O–H groups in total. The lowest BCUT2D eigenvalue weighted by atomic mass is 9.77. The summed E-state index contributed by atoms with van der Waals surface area (Å²) in [6, 6.07) is 13.4. The quantitative estimate of drug-likeness (QED) is 0.747. The molecule has 0 saturated carbocycles. The number of hydrogen-bond donors (Lipinski definition) is 1. The smallest absolute Gasteiger partial charge is 0.230 e. The lowest BCUT2D eigenvalue weighted by Crippen LogP contribution is -2.43. The van der Waals surface area contributed by atoms with Gasteiger partial charge in [0.15, 0.2) is 0 Å². The fraction of sp³-hybridized carbons (Fsp3) is 0.304. The number of nitrogens with zero attached hydrogens (tertiary/aromatic N) is 1. The monoisotopic (exact) mass is 426 g/mol. The number of carbonyl (C=O) groups is 2. The molecule has 5 rings (SSSR count). The van der Waals surface area contributed by atoms with Gasteiger partial charge >= 0.3 is 0 Å². The molecule has 2 saturated heterocycles. The average molecular weight is 427 g/mol. The van der Waals surface area contributed by atoms with Gasteiger partial charge in [-0.05, 0) is 29.3 Å².